The van der Waals surface area contributed by atoms with Gasteiger partial charge in [0.1, 0.15) is 10.8 Å². The molecular weight excluding hydrogens is 268 g/mol. The Kier molecular flexibility index (Phi) is 3.69. The van der Waals surface area contributed by atoms with Crippen LogP contribution in [0.3, 0.4) is 0 Å². The van der Waals surface area contributed by atoms with Crippen LogP contribution in [0, 0.1) is 5.92 Å². The summed E-state index contributed by atoms with van der Waals surface area (Å²) in [5, 5.41) is 1.09. The number of nitrogens with zero attached hydrogens (tertiary/aromatic N) is 1. The van der Waals surface area contributed by atoms with E-state index < -0.39 is 0 Å². The molecular formula is C16H22N2OS. The van der Waals surface area contributed by atoms with Gasteiger partial charge in [-0.25, -0.2) is 4.98 Å². The number of nitrogens with two attached hydrogens (primary N) is 1. The highest BCUT2D eigenvalue weighted by molar-refractivity contribution is 7.18. The van der Waals surface area contributed by atoms with E-state index in [1.807, 2.05) is 19.1 Å². The molecule has 3 rings (SSSR count). The van der Waals surface area contributed by atoms with Gasteiger partial charge in [0, 0.05) is 0 Å². The molecule has 0 saturated heterocycles. The fraction of sp³-hybridized carbons (Fsp3) is 0.562. The molecule has 1 saturated carbocycles. The van der Waals surface area contributed by atoms with Gasteiger partial charge in [-0.2, -0.15) is 0 Å². The van der Waals surface area contributed by atoms with Crippen molar-refractivity contribution in [1.29, 1.82) is 0 Å². The first kappa shape index (κ1) is 13.8. The van der Waals surface area contributed by atoms with Gasteiger partial charge in [0.15, 0.2) is 0 Å². The van der Waals surface area contributed by atoms with Gasteiger partial charge in [-0.3, -0.25) is 0 Å². The number of rotatable bonds is 3. The highest BCUT2D eigenvalue weighted by Crippen LogP contribution is 2.40. The Bertz CT molecular complexity index is 600. The number of ether oxygens (including phenoxy) is 1. The van der Waals surface area contributed by atoms with Crippen molar-refractivity contribution in [2.24, 2.45) is 11.7 Å². The zero-order valence-electron chi connectivity index (χ0n) is 12.2. The lowest BCUT2D eigenvalue weighted by molar-refractivity contribution is 0.247. The highest BCUT2D eigenvalue weighted by Gasteiger charge is 2.34. The minimum absolute atomic E-state index is 0.220. The summed E-state index contributed by atoms with van der Waals surface area (Å²) in [5.74, 6) is 1.71. The van der Waals surface area contributed by atoms with Crippen molar-refractivity contribution in [3.63, 3.8) is 0 Å². The van der Waals surface area contributed by atoms with Crippen LogP contribution in [-0.4, -0.2) is 11.6 Å². The fourth-order valence-electron chi connectivity index (χ4n) is 2.87. The Balaban J connectivity index is 1.92. The number of thiazole rings is 1. The summed E-state index contributed by atoms with van der Waals surface area (Å²) in [6.07, 6.45) is 4.51. The van der Waals surface area contributed by atoms with Gasteiger partial charge in [-0.15, -0.1) is 11.3 Å². The maximum absolute atomic E-state index is 6.62. The van der Waals surface area contributed by atoms with E-state index in [0.717, 1.165) is 35.0 Å². The lowest BCUT2D eigenvalue weighted by Gasteiger charge is -2.34. The molecule has 1 aliphatic rings. The second kappa shape index (κ2) is 5.34. The fourth-order valence-corrected chi connectivity index (χ4v) is 4.02. The molecule has 0 spiro atoms. The summed E-state index contributed by atoms with van der Waals surface area (Å²) >= 11 is 1.73. The Morgan fingerprint density at radius 1 is 1.40 bits per heavy atom. The first-order valence-electron chi connectivity index (χ1n) is 7.43. The molecule has 0 atom stereocenters. The predicted molar refractivity (Wildman–Crippen MR) is 84.3 cm³/mol. The van der Waals surface area contributed by atoms with Crippen molar-refractivity contribution in [3.05, 3.63) is 23.2 Å². The van der Waals surface area contributed by atoms with Gasteiger partial charge in [0.05, 0.1) is 22.4 Å². The molecule has 3 nitrogen and oxygen atoms in total. The van der Waals surface area contributed by atoms with Crippen molar-refractivity contribution in [1.82, 2.24) is 4.98 Å². The van der Waals surface area contributed by atoms with Crippen molar-refractivity contribution in [2.45, 2.75) is 45.1 Å². The molecule has 2 aromatic rings. The van der Waals surface area contributed by atoms with E-state index in [1.54, 1.807) is 11.3 Å². The minimum Gasteiger partial charge on any atom is -0.494 e. The van der Waals surface area contributed by atoms with Gasteiger partial charge in [-0.1, -0.05) is 6.92 Å². The Hall–Kier alpha value is -1.13. The highest BCUT2D eigenvalue weighted by atomic mass is 32.1. The van der Waals surface area contributed by atoms with Crippen molar-refractivity contribution < 1.29 is 4.74 Å². The third-order valence-corrected chi connectivity index (χ3v) is 5.50. The molecule has 108 valence electrons. The second-order valence-electron chi connectivity index (χ2n) is 5.92. The maximum Gasteiger partial charge on any atom is 0.120 e. The van der Waals surface area contributed by atoms with E-state index in [9.17, 15) is 0 Å². The zero-order chi connectivity index (χ0) is 14.2. The Morgan fingerprint density at radius 2 is 2.15 bits per heavy atom. The topological polar surface area (TPSA) is 48.1 Å². The molecule has 1 aliphatic carbocycles. The quantitative estimate of drug-likeness (QED) is 0.927. The van der Waals surface area contributed by atoms with E-state index in [4.69, 9.17) is 15.5 Å². The molecule has 1 aromatic carbocycles. The van der Waals surface area contributed by atoms with Crippen molar-refractivity contribution >= 4 is 21.6 Å². The smallest absolute Gasteiger partial charge is 0.120 e. The van der Waals surface area contributed by atoms with Crippen LogP contribution in [0.1, 0.15) is 44.5 Å². The molecule has 1 fully saturated rings. The first-order chi connectivity index (χ1) is 9.60. The monoisotopic (exact) mass is 290 g/mol. The molecule has 2 N–H and O–H groups in total. The standard InChI is InChI=1S/C16H22N2OS/c1-3-19-12-4-5-13-14(10-12)20-15(18-13)16(17)8-6-11(2)7-9-16/h4-5,10-11H,3,6-9,17H2,1-2H3. The largest absolute Gasteiger partial charge is 0.494 e. The number of hydrogen-bond donors (Lipinski definition) is 1. The molecule has 0 aliphatic heterocycles. The molecule has 1 heterocycles. The molecule has 0 amide bonds. The molecule has 20 heavy (non-hydrogen) atoms. The van der Waals surface area contributed by atoms with Crippen molar-refractivity contribution in [2.75, 3.05) is 6.61 Å². The Morgan fingerprint density at radius 3 is 2.85 bits per heavy atom. The van der Waals surface area contributed by atoms with Gasteiger partial charge >= 0.3 is 0 Å². The van der Waals surface area contributed by atoms with Crippen molar-refractivity contribution in [3.8, 4) is 5.75 Å². The Labute approximate surface area is 124 Å². The number of benzene rings is 1. The summed E-state index contributed by atoms with van der Waals surface area (Å²) < 4.78 is 6.73. The molecule has 0 bridgehead atoms. The summed E-state index contributed by atoms with van der Waals surface area (Å²) in [7, 11) is 0. The third kappa shape index (κ3) is 2.54. The van der Waals surface area contributed by atoms with Gasteiger partial charge in [-0.05, 0) is 56.7 Å². The molecule has 4 heteroatoms. The van der Waals surface area contributed by atoms with Gasteiger partial charge in [0.25, 0.3) is 0 Å². The summed E-state index contributed by atoms with van der Waals surface area (Å²) in [6.45, 7) is 5.00. The SMILES string of the molecule is CCOc1ccc2nc(C3(N)CCC(C)CC3)sc2c1. The lowest BCUT2D eigenvalue weighted by Crippen LogP contribution is -2.40. The maximum atomic E-state index is 6.62. The van der Waals surface area contributed by atoms with Crippen LogP contribution in [-0.2, 0) is 5.54 Å². The summed E-state index contributed by atoms with van der Waals surface area (Å²) in [6, 6.07) is 6.10. The van der Waals surface area contributed by atoms with Crippen LogP contribution in [0.25, 0.3) is 10.2 Å². The number of aromatic nitrogens is 1. The zero-order valence-corrected chi connectivity index (χ0v) is 13.0. The normalized spacial score (nSPS) is 26.9. The van der Waals surface area contributed by atoms with E-state index in [2.05, 4.69) is 13.0 Å². The van der Waals surface area contributed by atoms with Crippen LogP contribution >= 0.6 is 11.3 Å². The first-order valence-corrected chi connectivity index (χ1v) is 8.25. The number of fused-ring (bicyclic) bond motifs is 1. The minimum atomic E-state index is -0.220. The van der Waals surface area contributed by atoms with Gasteiger partial charge < -0.3 is 10.5 Å². The van der Waals surface area contributed by atoms with E-state index in [-0.39, 0.29) is 5.54 Å². The predicted octanol–water partition coefficient (Wildman–Crippen LogP) is 4.06. The molecule has 0 unspecified atom stereocenters. The van der Waals surface area contributed by atoms with Crippen LogP contribution in [0.15, 0.2) is 18.2 Å². The van der Waals surface area contributed by atoms with Crippen LogP contribution in [0.4, 0.5) is 0 Å². The van der Waals surface area contributed by atoms with Crippen LogP contribution in [0.5, 0.6) is 5.75 Å². The lowest BCUT2D eigenvalue weighted by atomic mass is 9.78. The van der Waals surface area contributed by atoms with E-state index >= 15 is 0 Å². The van der Waals surface area contributed by atoms with E-state index in [1.165, 1.54) is 17.5 Å². The summed E-state index contributed by atoms with van der Waals surface area (Å²) in [5.41, 5.74) is 7.44. The number of hydrogen-bond acceptors (Lipinski definition) is 4. The molecule has 1 aromatic heterocycles. The van der Waals surface area contributed by atoms with Crippen LogP contribution < -0.4 is 10.5 Å². The second-order valence-corrected chi connectivity index (χ2v) is 6.95. The summed E-state index contributed by atoms with van der Waals surface area (Å²) in [4.78, 5) is 4.77. The van der Waals surface area contributed by atoms with Gasteiger partial charge in [0.2, 0.25) is 0 Å². The third-order valence-electron chi connectivity index (χ3n) is 4.26. The van der Waals surface area contributed by atoms with E-state index in [0.29, 0.717) is 6.61 Å². The van der Waals surface area contributed by atoms with Crippen LogP contribution in [0.2, 0.25) is 0 Å². The average molecular weight is 290 g/mol. The molecule has 0 radical (unpaired) electrons. The average Bonchev–Trinajstić information content (AvgIpc) is 2.87.